The number of nitrogens with one attached hydrogen (secondary N) is 1. The average Bonchev–Trinajstić information content (AvgIpc) is 3.12. The standard InChI is InChI=1S/C19H25N3O3/c1-12-5-7-13(8-6-12)14-11-20-17(21-14)16-15(23)9-10-22(16)18(24)25-19(2,3)4/h5-8,11,15-16,23H,9-10H2,1-4H3,(H,20,21)/t15-,16-/m0/s1. The number of rotatable bonds is 2. The van der Waals surface area contributed by atoms with Crippen LogP contribution in [-0.2, 0) is 4.74 Å². The van der Waals surface area contributed by atoms with E-state index in [0.29, 0.717) is 18.8 Å². The first kappa shape index (κ1) is 17.5. The van der Waals surface area contributed by atoms with Crippen molar-refractivity contribution >= 4 is 6.09 Å². The number of H-pyrrole nitrogens is 1. The predicted molar refractivity (Wildman–Crippen MR) is 95.1 cm³/mol. The maximum Gasteiger partial charge on any atom is 0.411 e. The zero-order valence-corrected chi connectivity index (χ0v) is 15.1. The van der Waals surface area contributed by atoms with Crippen molar-refractivity contribution in [1.82, 2.24) is 14.9 Å². The fraction of sp³-hybridized carbons (Fsp3) is 0.474. The Morgan fingerprint density at radius 2 is 2.00 bits per heavy atom. The number of aromatic nitrogens is 2. The highest BCUT2D eigenvalue weighted by molar-refractivity contribution is 5.69. The van der Waals surface area contributed by atoms with Crippen molar-refractivity contribution < 1.29 is 14.6 Å². The molecular formula is C19H25N3O3. The number of aliphatic hydroxyl groups excluding tert-OH is 1. The highest BCUT2D eigenvalue weighted by Gasteiger charge is 2.40. The Hall–Kier alpha value is -2.34. The summed E-state index contributed by atoms with van der Waals surface area (Å²) in [6, 6.07) is 7.58. The van der Waals surface area contributed by atoms with E-state index >= 15 is 0 Å². The van der Waals surface area contributed by atoms with Gasteiger partial charge in [0.05, 0.1) is 18.0 Å². The van der Waals surface area contributed by atoms with Gasteiger partial charge in [-0.3, -0.25) is 4.90 Å². The number of nitrogens with zero attached hydrogens (tertiary/aromatic N) is 2. The Morgan fingerprint density at radius 3 is 2.64 bits per heavy atom. The first-order valence-electron chi connectivity index (χ1n) is 8.54. The molecule has 2 heterocycles. The van der Waals surface area contributed by atoms with E-state index in [1.807, 2.05) is 52.0 Å². The van der Waals surface area contributed by atoms with Gasteiger partial charge >= 0.3 is 6.09 Å². The minimum absolute atomic E-state index is 0.428. The van der Waals surface area contributed by atoms with Crippen molar-refractivity contribution in [3.63, 3.8) is 0 Å². The molecule has 6 nitrogen and oxygen atoms in total. The van der Waals surface area contributed by atoms with Crippen LogP contribution < -0.4 is 0 Å². The van der Waals surface area contributed by atoms with Crippen molar-refractivity contribution in [3.05, 3.63) is 41.9 Å². The van der Waals surface area contributed by atoms with Crippen LogP contribution in [-0.4, -0.2) is 44.3 Å². The smallest absolute Gasteiger partial charge is 0.411 e. The van der Waals surface area contributed by atoms with E-state index < -0.39 is 23.8 Å². The maximum absolute atomic E-state index is 12.5. The highest BCUT2D eigenvalue weighted by atomic mass is 16.6. The molecule has 2 aromatic rings. The summed E-state index contributed by atoms with van der Waals surface area (Å²) in [6.45, 7) is 7.97. The Labute approximate surface area is 147 Å². The van der Waals surface area contributed by atoms with Gasteiger partial charge in [-0.25, -0.2) is 9.78 Å². The number of imidazole rings is 1. The zero-order chi connectivity index (χ0) is 18.2. The van der Waals surface area contributed by atoms with Gasteiger partial charge in [-0.05, 0) is 39.7 Å². The molecule has 2 N–H and O–H groups in total. The molecule has 0 bridgehead atoms. The Bertz CT molecular complexity index is 746. The molecular weight excluding hydrogens is 318 g/mol. The number of hydrogen-bond donors (Lipinski definition) is 2. The van der Waals surface area contributed by atoms with Crippen molar-refractivity contribution in [2.45, 2.75) is 51.9 Å². The molecule has 0 radical (unpaired) electrons. The quantitative estimate of drug-likeness (QED) is 0.876. The Balaban J connectivity index is 1.84. The number of carbonyl (C=O) groups excluding carboxylic acids is 1. The largest absolute Gasteiger partial charge is 0.444 e. The van der Waals surface area contributed by atoms with Crippen LogP contribution in [0.1, 0.15) is 44.6 Å². The summed E-state index contributed by atoms with van der Waals surface area (Å²) in [5.41, 5.74) is 2.48. The van der Waals surface area contributed by atoms with Crippen LogP contribution in [0.15, 0.2) is 30.5 Å². The lowest BCUT2D eigenvalue weighted by atomic mass is 10.1. The summed E-state index contributed by atoms with van der Waals surface area (Å²) in [7, 11) is 0. The molecule has 1 saturated heterocycles. The Morgan fingerprint density at radius 1 is 1.32 bits per heavy atom. The molecule has 0 unspecified atom stereocenters. The number of carbonyl (C=O) groups is 1. The van der Waals surface area contributed by atoms with Gasteiger partial charge in [0.15, 0.2) is 0 Å². The molecule has 1 aromatic carbocycles. The predicted octanol–water partition coefficient (Wildman–Crippen LogP) is 3.43. The minimum Gasteiger partial charge on any atom is -0.444 e. The average molecular weight is 343 g/mol. The normalized spacial score (nSPS) is 20.8. The van der Waals surface area contributed by atoms with E-state index in [1.165, 1.54) is 5.56 Å². The molecule has 1 fully saturated rings. The summed E-state index contributed by atoms with van der Waals surface area (Å²) in [5, 5.41) is 10.4. The van der Waals surface area contributed by atoms with Crippen molar-refractivity contribution in [3.8, 4) is 11.3 Å². The number of amides is 1. The van der Waals surface area contributed by atoms with Crippen LogP contribution in [0.5, 0.6) is 0 Å². The first-order chi connectivity index (χ1) is 11.7. The van der Waals surface area contributed by atoms with Gasteiger partial charge in [0.2, 0.25) is 0 Å². The third-order valence-corrected chi connectivity index (χ3v) is 4.23. The molecule has 1 aliphatic rings. The van der Waals surface area contributed by atoms with Gasteiger partial charge in [0, 0.05) is 6.54 Å². The van der Waals surface area contributed by atoms with Crippen LogP contribution in [0, 0.1) is 6.92 Å². The third kappa shape index (κ3) is 3.85. The zero-order valence-electron chi connectivity index (χ0n) is 15.1. The molecule has 3 rings (SSSR count). The van der Waals surface area contributed by atoms with Gasteiger partial charge < -0.3 is 14.8 Å². The first-order valence-corrected chi connectivity index (χ1v) is 8.54. The monoisotopic (exact) mass is 343 g/mol. The number of aryl methyl sites for hydroxylation is 1. The Kier molecular flexibility index (Phi) is 4.56. The van der Waals surface area contributed by atoms with E-state index in [1.54, 1.807) is 11.1 Å². The van der Waals surface area contributed by atoms with Crippen LogP contribution in [0.3, 0.4) is 0 Å². The van der Waals surface area contributed by atoms with Gasteiger partial charge in [0.25, 0.3) is 0 Å². The van der Waals surface area contributed by atoms with Crippen LogP contribution in [0.4, 0.5) is 4.79 Å². The fourth-order valence-electron chi connectivity index (χ4n) is 3.00. The molecule has 1 amide bonds. The molecule has 0 aliphatic carbocycles. The minimum atomic E-state index is -0.662. The van der Waals surface area contributed by atoms with Gasteiger partial charge in [-0.15, -0.1) is 0 Å². The summed E-state index contributed by atoms with van der Waals surface area (Å²) in [4.78, 5) is 21.7. The second-order valence-corrected chi connectivity index (χ2v) is 7.52. The number of hydrogen-bond acceptors (Lipinski definition) is 4. The topological polar surface area (TPSA) is 78.5 Å². The van der Waals surface area contributed by atoms with Crippen LogP contribution in [0.2, 0.25) is 0 Å². The number of aliphatic hydroxyl groups is 1. The molecule has 0 saturated carbocycles. The van der Waals surface area contributed by atoms with Gasteiger partial charge in [0.1, 0.15) is 17.5 Å². The summed E-state index contributed by atoms with van der Waals surface area (Å²) >= 11 is 0. The van der Waals surface area contributed by atoms with E-state index in [2.05, 4.69) is 9.97 Å². The molecule has 134 valence electrons. The molecule has 6 heteroatoms. The lowest BCUT2D eigenvalue weighted by Gasteiger charge is -2.28. The van der Waals surface area contributed by atoms with E-state index in [9.17, 15) is 9.90 Å². The molecule has 1 aliphatic heterocycles. The second-order valence-electron chi connectivity index (χ2n) is 7.52. The van der Waals surface area contributed by atoms with Crippen molar-refractivity contribution in [2.75, 3.05) is 6.54 Å². The number of likely N-dealkylation sites (tertiary alicyclic amines) is 1. The fourth-order valence-corrected chi connectivity index (χ4v) is 3.00. The third-order valence-electron chi connectivity index (χ3n) is 4.23. The summed E-state index contributed by atoms with van der Waals surface area (Å²) < 4.78 is 5.46. The molecule has 2 atom stereocenters. The molecule has 0 spiro atoms. The number of aromatic amines is 1. The second kappa shape index (κ2) is 6.52. The van der Waals surface area contributed by atoms with Crippen molar-refractivity contribution in [1.29, 1.82) is 0 Å². The number of ether oxygens (including phenoxy) is 1. The molecule has 25 heavy (non-hydrogen) atoms. The van der Waals surface area contributed by atoms with E-state index in [4.69, 9.17) is 4.74 Å². The van der Waals surface area contributed by atoms with Crippen LogP contribution in [0.25, 0.3) is 11.3 Å². The van der Waals surface area contributed by atoms with Gasteiger partial charge in [-0.2, -0.15) is 0 Å². The SMILES string of the molecule is Cc1ccc(-c2cnc([C@@H]3[C@@H](O)CCN3C(=O)OC(C)(C)C)[nH]2)cc1. The highest BCUT2D eigenvalue weighted by Crippen LogP contribution is 2.33. The molecule has 1 aromatic heterocycles. The lowest BCUT2D eigenvalue weighted by Crippen LogP contribution is -2.38. The summed E-state index contributed by atoms with van der Waals surface area (Å²) in [5.74, 6) is 0.575. The lowest BCUT2D eigenvalue weighted by molar-refractivity contribution is 0.0142. The summed E-state index contributed by atoms with van der Waals surface area (Å²) in [6.07, 6.45) is 1.15. The van der Waals surface area contributed by atoms with Crippen molar-refractivity contribution in [2.24, 2.45) is 0 Å². The maximum atomic E-state index is 12.5. The van der Waals surface area contributed by atoms with Gasteiger partial charge in [-0.1, -0.05) is 29.8 Å². The van der Waals surface area contributed by atoms with E-state index in [0.717, 1.165) is 11.3 Å². The number of benzene rings is 1. The van der Waals surface area contributed by atoms with E-state index in [-0.39, 0.29) is 0 Å². The van der Waals surface area contributed by atoms with Crippen LogP contribution >= 0.6 is 0 Å².